The van der Waals surface area contributed by atoms with Gasteiger partial charge < -0.3 is 15.8 Å². The standard InChI is InChI=1S/C15H17N3O2/c1-11-9-14(16)13(10-18-11)15(19)17-7-8-20-12-5-3-2-4-6-12/h2-6,9-10H,7-8H2,1H3,(H2,16,18)(H,17,19). The summed E-state index contributed by atoms with van der Waals surface area (Å²) in [4.78, 5) is 16.0. The van der Waals surface area contributed by atoms with Crippen LogP contribution in [0.4, 0.5) is 5.69 Å². The number of nitrogen functional groups attached to an aromatic ring is 1. The molecule has 0 aliphatic heterocycles. The number of ether oxygens (including phenoxy) is 1. The number of hydrogen-bond acceptors (Lipinski definition) is 4. The fraction of sp³-hybridized carbons (Fsp3) is 0.200. The summed E-state index contributed by atoms with van der Waals surface area (Å²) in [6, 6.07) is 11.1. The number of aromatic nitrogens is 1. The third-order valence-electron chi connectivity index (χ3n) is 2.72. The van der Waals surface area contributed by atoms with E-state index in [1.165, 1.54) is 6.20 Å². The smallest absolute Gasteiger partial charge is 0.255 e. The molecule has 0 bridgehead atoms. The molecule has 5 nitrogen and oxygen atoms in total. The summed E-state index contributed by atoms with van der Waals surface area (Å²) in [5.74, 6) is 0.532. The minimum absolute atomic E-state index is 0.244. The maximum Gasteiger partial charge on any atom is 0.255 e. The molecule has 5 heteroatoms. The first kappa shape index (κ1) is 13.9. The van der Waals surface area contributed by atoms with Gasteiger partial charge in [0.05, 0.1) is 12.1 Å². The van der Waals surface area contributed by atoms with Crippen LogP contribution in [-0.2, 0) is 0 Å². The van der Waals surface area contributed by atoms with Gasteiger partial charge in [-0.1, -0.05) is 18.2 Å². The molecule has 0 saturated carbocycles. The Morgan fingerprint density at radius 1 is 1.35 bits per heavy atom. The number of nitrogens with zero attached hydrogens (tertiary/aromatic N) is 1. The maximum atomic E-state index is 11.9. The van der Waals surface area contributed by atoms with Crippen molar-refractivity contribution in [2.75, 3.05) is 18.9 Å². The van der Waals surface area contributed by atoms with Gasteiger partial charge in [-0.15, -0.1) is 0 Å². The number of nitrogens with one attached hydrogen (secondary N) is 1. The van der Waals surface area contributed by atoms with Crippen molar-refractivity contribution in [3.63, 3.8) is 0 Å². The molecule has 1 heterocycles. The van der Waals surface area contributed by atoms with Gasteiger partial charge in [0.2, 0.25) is 0 Å². The number of carbonyl (C=O) groups excluding carboxylic acids is 1. The van der Waals surface area contributed by atoms with Crippen LogP contribution in [0.3, 0.4) is 0 Å². The first-order valence-electron chi connectivity index (χ1n) is 6.35. The van der Waals surface area contributed by atoms with Gasteiger partial charge in [0.25, 0.3) is 5.91 Å². The Kier molecular flexibility index (Phi) is 4.55. The number of pyridine rings is 1. The predicted octanol–water partition coefficient (Wildman–Crippen LogP) is 1.78. The third-order valence-corrected chi connectivity index (χ3v) is 2.72. The third kappa shape index (κ3) is 3.71. The van der Waals surface area contributed by atoms with E-state index in [2.05, 4.69) is 10.3 Å². The number of anilines is 1. The highest BCUT2D eigenvalue weighted by atomic mass is 16.5. The Bertz CT molecular complexity index is 585. The molecule has 0 spiro atoms. The number of carbonyl (C=O) groups is 1. The summed E-state index contributed by atoms with van der Waals surface area (Å²) >= 11 is 0. The lowest BCUT2D eigenvalue weighted by Gasteiger charge is -2.09. The second-order valence-electron chi connectivity index (χ2n) is 4.33. The Morgan fingerprint density at radius 3 is 2.80 bits per heavy atom. The minimum Gasteiger partial charge on any atom is -0.492 e. The molecule has 3 N–H and O–H groups in total. The molecule has 0 aliphatic rings. The van der Waals surface area contributed by atoms with E-state index in [9.17, 15) is 4.79 Å². The molecule has 1 aromatic heterocycles. The van der Waals surface area contributed by atoms with Crippen molar-refractivity contribution in [2.45, 2.75) is 6.92 Å². The molecule has 2 rings (SSSR count). The van der Waals surface area contributed by atoms with Crippen molar-refractivity contribution in [2.24, 2.45) is 0 Å². The Morgan fingerprint density at radius 2 is 2.10 bits per heavy atom. The Hall–Kier alpha value is -2.56. The monoisotopic (exact) mass is 271 g/mol. The highest BCUT2D eigenvalue weighted by Gasteiger charge is 2.09. The van der Waals surface area contributed by atoms with Crippen LogP contribution < -0.4 is 15.8 Å². The van der Waals surface area contributed by atoms with Gasteiger partial charge in [0.1, 0.15) is 12.4 Å². The van der Waals surface area contributed by atoms with E-state index in [4.69, 9.17) is 10.5 Å². The molecule has 0 saturated heterocycles. The number of aryl methyl sites for hydroxylation is 1. The van der Waals surface area contributed by atoms with Crippen LogP contribution in [0.2, 0.25) is 0 Å². The molecule has 1 amide bonds. The normalized spacial score (nSPS) is 10.1. The number of rotatable bonds is 5. The van der Waals surface area contributed by atoms with Crippen molar-refractivity contribution in [1.82, 2.24) is 10.3 Å². The van der Waals surface area contributed by atoms with Crippen molar-refractivity contribution in [3.05, 3.63) is 53.9 Å². The molecule has 0 atom stereocenters. The van der Waals surface area contributed by atoms with Crippen molar-refractivity contribution in [3.8, 4) is 5.75 Å². The number of hydrogen-bond donors (Lipinski definition) is 2. The minimum atomic E-state index is -0.244. The van der Waals surface area contributed by atoms with E-state index in [-0.39, 0.29) is 5.91 Å². The summed E-state index contributed by atoms with van der Waals surface area (Å²) < 4.78 is 5.48. The van der Waals surface area contributed by atoms with Crippen LogP contribution in [-0.4, -0.2) is 24.0 Å². The van der Waals surface area contributed by atoms with Gasteiger partial charge in [0.15, 0.2) is 0 Å². The van der Waals surface area contributed by atoms with Gasteiger partial charge >= 0.3 is 0 Å². The maximum absolute atomic E-state index is 11.9. The lowest BCUT2D eigenvalue weighted by Crippen LogP contribution is -2.28. The van der Waals surface area contributed by atoms with E-state index >= 15 is 0 Å². The number of para-hydroxylation sites is 1. The zero-order valence-corrected chi connectivity index (χ0v) is 11.3. The summed E-state index contributed by atoms with van der Waals surface area (Å²) in [5, 5.41) is 2.75. The molecule has 2 aromatic rings. The lowest BCUT2D eigenvalue weighted by molar-refractivity contribution is 0.0947. The van der Waals surface area contributed by atoms with Crippen LogP contribution in [0.1, 0.15) is 16.1 Å². The van der Waals surface area contributed by atoms with Crippen molar-refractivity contribution >= 4 is 11.6 Å². The molecule has 0 unspecified atom stereocenters. The highest BCUT2D eigenvalue weighted by molar-refractivity contribution is 5.98. The van der Waals surface area contributed by atoms with E-state index < -0.39 is 0 Å². The topological polar surface area (TPSA) is 77.2 Å². The van der Waals surface area contributed by atoms with Gasteiger partial charge in [-0.2, -0.15) is 0 Å². The zero-order valence-electron chi connectivity index (χ0n) is 11.3. The van der Waals surface area contributed by atoms with Crippen LogP contribution in [0.25, 0.3) is 0 Å². The predicted molar refractivity (Wildman–Crippen MR) is 77.7 cm³/mol. The molecular formula is C15H17N3O2. The number of nitrogens with two attached hydrogens (primary N) is 1. The van der Waals surface area contributed by atoms with Crippen molar-refractivity contribution < 1.29 is 9.53 Å². The number of amides is 1. The molecule has 20 heavy (non-hydrogen) atoms. The highest BCUT2D eigenvalue weighted by Crippen LogP contribution is 2.11. The largest absolute Gasteiger partial charge is 0.492 e. The molecule has 0 fully saturated rings. The second kappa shape index (κ2) is 6.56. The Balaban J connectivity index is 1.80. The molecule has 0 radical (unpaired) electrons. The number of benzene rings is 1. The van der Waals surface area contributed by atoms with E-state index in [1.807, 2.05) is 37.3 Å². The van der Waals surface area contributed by atoms with Gasteiger partial charge in [-0.25, -0.2) is 0 Å². The molecule has 1 aromatic carbocycles. The Labute approximate surface area is 117 Å². The summed E-state index contributed by atoms with van der Waals surface area (Å²) in [6.45, 7) is 2.63. The van der Waals surface area contributed by atoms with Crippen molar-refractivity contribution in [1.29, 1.82) is 0 Å². The average Bonchev–Trinajstić information content (AvgIpc) is 2.44. The van der Waals surface area contributed by atoms with Crippen LogP contribution in [0, 0.1) is 6.92 Å². The van der Waals surface area contributed by atoms with E-state index in [0.29, 0.717) is 24.4 Å². The summed E-state index contributed by atoms with van der Waals surface area (Å²) in [7, 11) is 0. The molecule has 0 aliphatic carbocycles. The summed E-state index contributed by atoms with van der Waals surface area (Å²) in [6.07, 6.45) is 1.48. The van der Waals surface area contributed by atoms with Gasteiger partial charge in [0, 0.05) is 17.6 Å². The first-order valence-corrected chi connectivity index (χ1v) is 6.35. The fourth-order valence-corrected chi connectivity index (χ4v) is 1.72. The van der Waals surface area contributed by atoms with E-state index in [1.54, 1.807) is 6.07 Å². The van der Waals surface area contributed by atoms with Crippen LogP contribution in [0.15, 0.2) is 42.6 Å². The molecule has 104 valence electrons. The average molecular weight is 271 g/mol. The molecular weight excluding hydrogens is 254 g/mol. The fourth-order valence-electron chi connectivity index (χ4n) is 1.72. The lowest BCUT2D eigenvalue weighted by atomic mass is 10.2. The van der Waals surface area contributed by atoms with Gasteiger partial charge in [-0.3, -0.25) is 9.78 Å². The van der Waals surface area contributed by atoms with E-state index in [0.717, 1.165) is 11.4 Å². The van der Waals surface area contributed by atoms with Gasteiger partial charge in [-0.05, 0) is 25.1 Å². The SMILES string of the molecule is Cc1cc(N)c(C(=O)NCCOc2ccccc2)cn1. The first-order chi connectivity index (χ1) is 9.66. The quantitative estimate of drug-likeness (QED) is 0.813. The summed E-state index contributed by atoms with van der Waals surface area (Å²) in [5.41, 5.74) is 7.38. The zero-order chi connectivity index (χ0) is 14.4. The second-order valence-corrected chi connectivity index (χ2v) is 4.33. The van der Waals surface area contributed by atoms with Crippen LogP contribution in [0.5, 0.6) is 5.75 Å². The van der Waals surface area contributed by atoms with Crippen LogP contribution >= 0.6 is 0 Å².